The third-order valence-corrected chi connectivity index (χ3v) is 4.25. The van der Waals surface area contributed by atoms with E-state index in [9.17, 15) is 4.79 Å². The number of hydrogen-bond donors (Lipinski definition) is 0. The first-order valence-electron chi connectivity index (χ1n) is 8.10. The summed E-state index contributed by atoms with van der Waals surface area (Å²) in [5.74, 6) is 2.54. The number of allylic oxidation sites excluding steroid dienone is 1. The van der Waals surface area contributed by atoms with Crippen molar-refractivity contribution in [3.8, 4) is 11.5 Å². The maximum Gasteiger partial charge on any atom is 0.232 e. The van der Waals surface area contributed by atoms with E-state index >= 15 is 0 Å². The van der Waals surface area contributed by atoms with Gasteiger partial charge < -0.3 is 13.9 Å². The fourth-order valence-electron chi connectivity index (χ4n) is 2.66. The van der Waals surface area contributed by atoms with Crippen LogP contribution in [0.4, 0.5) is 0 Å². The molecule has 0 bridgehead atoms. The van der Waals surface area contributed by atoms with Gasteiger partial charge in [0.1, 0.15) is 29.6 Å². The molecule has 5 heteroatoms. The van der Waals surface area contributed by atoms with Gasteiger partial charge in [-0.2, -0.15) is 0 Å². The molecular weight excluding hydrogens is 352 g/mol. The van der Waals surface area contributed by atoms with E-state index in [-0.39, 0.29) is 11.5 Å². The molecule has 0 unspecified atom stereocenters. The van der Waals surface area contributed by atoms with Crippen LogP contribution in [-0.4, -0.2) is 5.78 Å². The molecule has 0 aliphatic carbocycles. The molecule has 0 spiro atoms. The Hall–Kier alpha value is -2.98. The van der Waals surface area contributed by atoms with Crippen LogP contribution in [0.2, 0.25) is 5.02 Å². The van der Waals surface area contributed by atoms with Crippen LogP contribution in [0.15, 0.2) is 64.8 Å². The Labute approximate surface area is 155 Å². The van der Waals surface area contributed by atoms with Gasteiger partial charge in [-0.05, 0) is 48.9 Å². The Morgan fingerprint density at radius 2 is 1.88 bits per heavy atom. The summed E-state index contributed by atoms with van der Waals surface area (Å²) in [4.78, 5) is 12.4. The molecule has 130 valence electrons. The Morgan fingerprint density at radius 3 is 2.62 bits per heavy atom. The van der Waals surface area contributed by atoms with E-state index in [4.69, 9.17) is 25.5 Å². The largest absolute Gasteiger partial charge is 0.489 e. The minimum Gasteiger partial charge on any atom is -0.489 e. The van der Waals surface area contributed by atoms with Gasteiger partial charge in [-0.25, -0.2) is 0 Å². The number of hydrogen-bond acceptors (Lipinski definition) is 4. The molecule has 3 aromatic rings. The van der Waals surface area contributed by atoms with Crippen molar-refractivity contribution in [2.75, 3.05) is 0 Å². The monoisotopic (exact) mass is 366 g/mol. The first kappa shape index (κ1) is 16.5. The second-order valence-electron chi connectivity index (χ2n) is 5.96. The average molecular weight is 367 g/mol. The van der Waals surface area contributed by atoms with Gasteiger partial charge in [0.05, 0.1) is 5.56 Å². The fraction of sp³-hybridized carbons (Fsp3) is 0.0952. The lowest BCUT2D eigenvalue weighted by Crippen LogP contribution is -1.97. The summed E-state index contributed by atoms with van der Waals surface area (Å²) >= 11 is 5.88. The number of Topliss-reactive ketones (excluding diaryl/α,β-unsaturated/α-hetero) is 1. The van der Waals surface area contributed by atoms with Crippen molar-refractivity contribution in [1.82, 2.24) is 0 Å². The lowest BCUT2D eigenvalue weighted by Gasteiger charge is -2.07. The van der Waals surface area contributed by atoms with Crippen LogP contribution in [0.25, 0.3) is 6.08 Å². The molecule has 0 amide bonds. The van der Waals surface area contributed by atoms with Crippen molar-refractivity contribution in [1.29, 1.82) is 0 Å². The Bertz CT molecular complexity index is 999. The number of carbonyl (C=O) groups is 1. The van der Waals surface area contributed by atoms with E-state index in [1.54, 1.807) is 30.3 Å². The highest BCUT2D eigenvalue weighted by molar-refractivity contribution is 6.30. The van der Waals surface area contributed by atoms with Crippen LogP contribution in [0, 0.1) is 6.92 Å². The highest BCUT2D eigenvalue weighted by atomic mass is 35.5. The molecule has 2 heterocycles. The molecule has 0 fully saturated rings. The molecule has 1 aromatic heterocycles. The van der Waals surface area contributed by atoms with Crippen LogP contribution in [-0.2, 0) is 6.61 Å². The summed E-state index contributed by atoms with van der Waals surface area (Å²) < 4.78 is 16.9. The molecule has 1 aliphatic rings. The predicted molar refractivity (Wildman–Crippen MR) is 98.6 cm³/mol. The SMILES string of the molecule is Cc1ccc(C=C2Oc3cc(OCc4ccc(Cl)cc4)ccc3C2=O)o1. The maximum atomic E-state index is 12.4. The van der Waals surface area contributed by atoms with E-state index in [2.05, 4.69) is 0 Å². The van der Waals surface area contributed by atoms with Gasteiger partial charge in [-0.1, -0.05) is 23.7 Å². The fourth-order valence-corrected chi connectivity index (χ4v) is 2.79. The smallest absolute Gasteiger partial charge is 0.232 e. The zero-order chi connectivity index (χ0) is 18.1. The number of rotatable bonds is 4. The normalized spacial score (nSPS) is 14.4. The Balaban J connectivity index is 1.50. The lowest BCUT2D eigenvalue weighted by atomic mass is 10.1. The van der Waals surface area contributed by atoms with E-state index in [0.29, 0.717) is 34.5 Å². The van der Waals surface area contributed by atoms with E-state index in [1.165, 1.54) is 0 Å². The number of halogens is 1. The van der Waals surface area contributed by atoms with Crippen molar-refractivity contribution in [2.24, 2.45) is 0 Å². The number of carbonyl (C=O) groups excluding carboxylic acids is 1. The van der Waals surface area contributed by atoms with Crippen molar-refractivity contribution in [2.45, 2.75) is 13.5 Å². The van der Waals surface area contributed by atoms with Crippen molar-refractivity contribution in [3.05, 3.63) is 88.0 Å². The summed E-state index contributed by atoms with van der Waals surface area (Å²) in [6, 6.07) is 16.3. The van der Waals surface area contributed by atoms with Crippen LogP contribution in [0.1, 0.15) is 27.4 Å². The van der Waals surface area contributed by atoms with E-state index < -0.39 is 0 Å². The van der Waals surface area contributed by atoms with Crippen molar-refractivity contribution < 1.29 is 18.7 Å². The van der Waals surface area contributed by atoms with Crippen molar-refractivity contribution >= 4 is 23.5 Å². The number of aryl methyl sites for hydroxylation is 1. The zero-order valence-electron chi connectivity index (χ0n) is 14.0. The van der Waals surface area contributed by atoms with Crippen LogP contribution < -0.4 is 9.47 Å². The summed E-state index contributed by atoms with van der Waals surface area (Å²) in [7, 11) is 0. The number of fused-ring (bicyclic) bond motifs is 1. The third kappa shape index (κ3) is 3.37. The first-order chi connectivity index (χ1) is 12.6. The van der Waals surface area contributed by atoms with Gasteiger partial charge in [-0.15, -0.1) is 0 Å². The highest BCUT2D eigenvalue weighted by Gasteiger charge is 2.28. The van der Waals surface area contributed by atoms with Gasteiger partial charge in [-0.3, -0.25) is 4.79 Å². The molecule has 0 N–H and O–H groups in total. The van der Waals surface area contributed by atoms with E-state index in [1.807, 2.05) is 37.3 Å². The number of benzene rings is 2. The Kier molecular flexibility index (Phi) is 4.27. The maximum absolute atomic E-state index is 12.4. The molecular formula is C21H15ClO4. The first-order valence-corrected chi connectivity index (χ1v) is 8.48. The minimum atomic E-state index is -0.168. The standard InChI is InChI=1S/C21H15ClO4/c1-13-2-7-17(25-13)11-20-21(23)18-9-8-16(10-19(18)26-20)24-12-14-3-5-15(22)6-4-14/h2-11H,12H2,1H3. The number of furan rings is 1. The molecule has 1 aliphatic heterocycles. The van der Waals surface area contributed by atoms with Gasteiger partial charge >= 0.3 is 0 Å². The second-order valence-corrected chi connectivity index (χ2v) is 6.40. The quantitative estimate of drug-likeness (QED) is 0.577. The Morgan fingerprint density at radius 1 is 1.08 bits per heavy atom. The summed E-state index contributed by atoms with van der Waals surface area (Å²) in [5, 5.41) is 0.685. The minimum absolute atomic E-state index is 0.168. The summed E-state index contributed by atoms with van der Waals surface area (Å²) in [5.41, 5.74) is 1.51. The molecule has 0 atom stereocenters. The van der Waals surface area contributed by atoms with Crippen LogP contribution >= 0.6 is 11.6 Å². The molecule has 2 aromatic carbocycles. The van der Waals surface area contributed by atoms with Crippen LogP contribution in [0.3, 0.4) is 0 Å². The second kappa shape index (κ2) is 6.73. The molecule has 0 saturated carbocycles. The molecule has 26 heavy (non-hydrogen) atoms. The number of ether oxygens (including phenoxy) is 2. The molecule has 4 nitrogen and oxygen atoms in total. The van der Waals surface area contributed by atoms with Gasteiger partial charge in [0.15, 0.2) is 5.76 Å². The van der Waals surface area contributed by atoms with Gasteiger partial charge in [0.25, 0.3) is 0 Å². The molecule has 0 radical (unpaired) electrons. The van der Waals surface area contributed by atoms with Crippen molar-refractivity contribution in [3.63, 3.8) is 0 Å². The number of ketones is 1. The highest BCUT2D eigenvalue weighted by Crippen LogP contribution is 2.35. The van der Waals surface area contributed by atoms with Gasteiger partial charge in [0, 0.05) is 17.2 Å². The lowest BCUT2D eigenvalue weighted by molar-refractivity contribution is 0.101. The van der Waals surface area contributed by atoms with E-state index in [0.717, 1.165) is 11.3 Å². The third-order valence-electron chi connectivity index (χ3n) is 3.99. The van der Waals surface area contributed by atoms with Crippen LogP contribution in [0.5, 0.6) is 11.5 Å². The summed E-state index contributed by atoms with van der Waals surface area (Å²) in [6.45, 7) is 2.25. The summed E-state index contributed by atoms with van der Waals surface area (Å²) in [6.07, 6.45) is 1.60. The average Bonchev–Trinajstić information content (AvgIpc) is 3.18. The predicted octanol–water partition coefficient (Wildman–Crippen LogP) is 5.44. The topological polar surface area (TPSA) is 48.7 Å². The zero-order valence-corrected chi connectivity index (χ0v) is 14.7. The van der Waals surface area contributed by atoms with Gasteiger partial charge in [0.2, 0.25) is 5.78 Å². The molecule has 0 saturated heterocycles. The molecule has 4 rings (SSSR count).